The van der Waals surface area contributed by atoms with Crippen molar-refractivity contribution in [2.75, 3.05) is 19.7 Å². The molecule has 1 aromatic rings. The second kappa shape index (κ2) is 5.07. The Morgan fingerprint density at radius 1 is 1.56 bits per heavy atom. The van der Waals surface area contributed by atoms with Crippen molar-refractivity contribution in [1.29, 1.82) is 0 Å². The van der Waals surface area contributed by atoms with Crippen LogP contribution in [0, 0.1) is 5.92 Å². The lowest BCUT2D eigenvalue weighted by molar-refractivity contribution is -0.134. The van der Waals surface area contributed by atoms with Crippen LogP contribution in [-0.2, 0) is 11.3 Å². The van der Waals surface area contributed by atoms with E-state index in [1.54, 1.807) is 4.90 Å². The third-order valence-corrected chi connectivity index (χ3v) is 2.89. The summed E-state index contributed by atoms with van der Waals surface area (Å²) in [5.74, 6) is 0.275. The highest BCUT2D eigenvalue weighted by atomic mass is 16.3. The molecule has 0 radical (unpaired) electrons. The second-order valence-electron chi connectivity index (χ2n) is 4.12. The summed E-state index contributed by atoms with van der Waals surface area (Å²) in [6.45, 7) is 1.83. The Hall–Kier alpha value is -1.43. The molecule has 6 nitrogen and oxygen atoms in total. The van der Waals surface area contributed by atoms with Crippen LogP contribution in [0.5, 0.6) is 0 Å². The van der Waals surface area contributed by atoms with E-state index in [0.29, 0.717) is 6.54 Å². The average Bonchev–Trinajstić information content (AvgIpc) is 2.82. The van der Waals surface area contributed by atoms with Gasteiger partial charge in [-0.05, 0) is 18.8 Å². The molecular weight excluding hydrogens is 208 g/mol. The Bertz CT molecular complexity index is 339. The maximum atomic E-state index is 11.9. The predicted octanol–water partition coefficient (Wildman–Crippen LogP) is -0.491. The van der Waals surface area contributed by atoms with E-state index in [-0.39, 0.29) is 25.0 Å². The van der Waals surface area contributed by atoms with Gasteiger partial charge in [-0.2, -0.15) is 5.10 Å². The molecule has 1 saturated heterocycles. The molecule has 0 bridgehead atoms. The molecule has 0 aliphatic carbocycles. The van der Waals surface area contributed by atoms with Gasteiger partial charge in [-0.15, -0.1) is 0 Å². The molecule has 1 N–H and O–H groups in total. The third-order valence-electron chi connectivity index (χ3n) is 2.89. The van der Waals surface area contributed by atoms with Gasteiger partial charge < -0.3 is 10.0 Å². The average molecular weight is 224 g/mol. The van der Waals surface area contributed by atoms with Crippen molar-refractivity contribution >= 4 is 5.91 Å². The maximum absolute atomic E-state index is 11.9. The minimum absolute atomic E-state index is 0.0450. The van der Waals surface area contributed by atoms with Gasteiger partial charge in [-0.1, -0.05) is 0 Å². The number of hydrogen-bond acceptors (Lipinski definition) is 4. The Morgan fingerprint density at radius 3 is 3.12 bits per heavy atom. The number of hydrogen-bond donors (Lipinski definition) is 1. The standard InChI is InChI=1S/C10H16N4O2/c15-6-9-2-1-3-13(4-9)10(16)5-14-8-11-7-12-14/h7-9,15H,1-6H2. The molecule has 88 valence electrons. The number of aromatic nitrogens is 3. The topological polar surface area (TPSA) is 71.2 Å². The molecule has 1 aliphatic heterocycles. The van der Waals surface area contributed by atoms with E-state index in [1.165, 1.54) is 17.3 Å². The van der Waals surface area contributed by atoms with Crippen LogP contribution in [-0.4, -0.2) is 50.4 Å². The number of aliphatic hydroxyl groups excluding tert-OH is 1. The molecule has 1 amide bonds. The van der Waals surface area contributed by atoms with Crippen molar-refractivity contribution in [1.82, 2.24) is 19.7 Å². The number of amides is 1. The Labute approximate surface area is 93.9 Å². The van der Waals surface area contributed by atoms with Crippen molar-refractivity contribution in [2.45, 2.75) is 19.4 Å². The first-order chi connectivity index (χ1) is 7.79. The zero-order valence-electron chi connectivity index (χ0n) is 9.12. The van der Waals surface area contributed by atoms with E-state index in [1.807, 2.05) is 0 Å². The lowest BCUT2D eigenvalue weighted by atomic mass is 9.99. The van der Waals surface area contributed by atoms with Crippen LogP contribution in [0.15, 0.2) is 12.7 Å². The molecule has 0 aromatic carbocycles. The summed E-state index contributed by atoms with van der Waals surface area (Å²) in [6, 6.07) is 0. The van der Waals surface area contributed by atoms with E-state index in [4.69, 9.17) is 5.11 Å². The van der Waals surface area contributed by atoms with E-state index < -0.39 is 0 Å². The molecule has 0 spiro atoms. The second-order valence-corrected chi connectivity index (χ2v) is 4.12. The molecule has 0 saturated carbocycles. The summed E-state index contributed by atoms with van der Waals surface area (Å²) in [5, 5.41) is 13.0. The van der Waals surface area contributed by atoms with Crippen LogP contribution in [0.25, 0.3) is 0 Å². The van der Waals surface area contributed by atoms with E-state index in [0.717, 1.165) is 19.4 Å². The molecule has 1 aromatic heterocycles. The lowest BCUT2D eigenvalue weighted by Gasteiger charge is -2.31. The normalized spacial score (nSPS) is 21.1. The predicted molar refractivity (Wildman–Crippen MR) is 56.4 cm³/mol. The van der Waals surface area contributed by atoms with Gasteiger partial charge in [0.25, 0.3) is 0 Å². The number of carbonyl (C=O) groups is 1. The first-order valence-electron chi connectivity index (χ1n) is 5.50. The molecule has 6 heteroatoms. The van der Waals surface area contributed by atoms with Gasteiger partial charge in [0.05, 0.1) is 0 Å². The minimum atomic E-state index is 0.0450. The number of carbonyl (C=O) groups excluding carboxylic acids is 1. The van der Waals surface area contributed by atoms with Crippen molar-refractivity contribution in [3.8, 4) is 0 Å². The van der Waals surface area contributed by atoms with Crippen LogP contribution in [0.2, 0.25) is 0 Å². The monoisotopic (exact) mass is 224 g/mol. The van der Waals surface area contributed by atoms with Crippen molar-refractivity contribution < 1.29 is 9.90 Å². The highest BCUT2D eigenvalue weighted by molar-refractivity contribution is 5.75. The largest absolute Gasteiger partial charge is 0.396 e. The van der Waals surface area contributed by atoms with Gasteiger partial charge in [-0.25, -0.2) is 9.67 Å². The summed E-state index contributed by atoms with van der Waals surface area (Å²) in [7, 11) is 0. The number of aliphatic hydroxyl groups is 1. The minimum Gasteiger partial charge on any atom is -0.396 e. The van der Waals surface area contributed by atoms with Crippen molar-refractivity contribution in [3.63, 3.8) is 0 Å². The number of rotatable bonds is 3. The van der Waals surface area contributed by atoms with Gasteiger partial charge in [0.1, 0.15) is 19.2 Å². The first kappa shape index (κ1) is 11.1. The van der Waals surface area contributed by atoms with Gasteiger partial charge in [0.15, 0.2) is 0 Å². The first-order valence-corrected chi connectivity index (χ1v) is 5.50. The molecule has 1 aliphatic rings. The van der Waals surface area contributed by atoms with Gasteiger partial charge >= 0.3 is 0 Å². The summed E-state index contributed by atoms with van der Waals surface area (Å²) in [4.78, 5) is 17.5. The van der Waals surface area contributed by atoms with E-state index in [9.17, 15) is 4.79 Å². The summed E-state index contributed by atoms with van der Waals surface area (Å²) < 4.78 is 1.52. The molecule has 1 fully saturated rings. The fraction of sp³-hybridized carbons (Fsp3) is 0.700. The molecule has 1 unspecified atom stereocenters. The van der Waals surface area contributed by atoms with Crippen LogP contribution < -0.4 is 0 Å². The number of piperidine rings is 1. The van der Waals surface area contributed by atoms with Gasteiger partial charge in [0.2, 0.25) is 5.91 Å². The van der Waals surface area contributed by atoms with Crippen LogP contribution in [0.1, 0.15) is 12.8 Å². The van der Waals surface area contributed by atoms with Crippen molar-refractivity contribution in [2.24, 2.45) is 5.92 Å². The molecule has 2 heterocycles. The van der Waals surface area contributed by atoms with Gasteiger partial charge in [0, 0.05) is 19.7 Å². The van der Waals surface area contributed by atoms with Crippen LogP contribution >= 0.6 is 0 Å². The lowest BCUT2D eigenvalue weighted by Crippen LogP contribution is -2.42. The third kappa shape index (κ3) is 2.57. The zero-order valence-corrected chi connectivity index (χ0v) is 9.12. The molecule has 16 heavy (non-hydrogen) atoms. The molecular formula is C10H16N4O2. The summed E-state index contributed by atoms with van der Waals surface area (Å²) in [5.41, 5.74) is 0. The number of likely N-dealkylation sites (tertiary alicyclic amines) is 1. The molecule has 2 rings (SSSR count). The summed E-state index contributed by atoms with van der Waals surface area (Å²) in [6.07, 6.45) is 4.92. The highest BCUT2D eigenvalue weighted by Gasteiger charge is 2.23. The maximum Gasteiger partial charge on any atom is 0.244 e. The quantitative estimate of drug-likeness (QED) is 0.752. The van der Waals surface area contributed by atoms with E-state index >= 15 is 0 Å². The Morgan fingerprint density at radius 2 is 2.44 bits per heavy atom. The number of nitrogens with zero attached hydrogens (tertiary/aromatic N) is 4. The van der Waals surface area contributed by atoms with E-state index in [2.05, 4.69) is 10.1 Å². The summed E-state index contributed by atoms with van der Waals surface area (Å²) >= 11 is 0. The van der Waals surface area contributed by atoms with Crippen LogP contribution in [0.4, 0.5) is 0 Å². The SMILES string of the molecule is O=C(Cn1cncn1)N1CCCC(CO)C1. The van der Waals surface area contributed by atoms with Crippen LogP contribution in [0.3, 0.4) is 0 Å². The van der Waals surface area contributed by atoms with Crippen molar-refractivity contribution in [3.05, 3.63) is 12.7 Å². The highest BCUT2D eigenvalue weighted by Crippen LogP contribution is 2.15. The van der Waals surface area contributed by atoms with Gasteiger partial charge in [-0.3, -0.25) is 4.79 Å². The molecule has 1 atom stereocenters. The smallest absolute Gasteiger partial charge is 0.244 e. The zero-order chi connectivity index (χ0) is 11.4. The fourth-order valence-corrected chi connectivity index (χ4v) is 1.99. The fourth-order valence-electron chi connectivity index (χ4n) is 1.99. The Kier molecular flexibility index (Phi) is 3.51. The Balaban J connectivity index is 1.89.